The van der Waals surface area contributed by atoms with Crippen molar-refractivity contribution in [3.63, 3.8) is 0 Å². The summed E-state index contributed by atoms with van der Waals surface area (Å²) >= 11 is 1.23. The molecular weight excluding hydrogens is 274 g/mol. The monoisotopic (exact) mass is 295 g/mol. The summed E-state index contributed by atoms with van der Waals surface area (Å²) in [6, 6.07) is 7.29. The fraction of sp³-hybridized carbons (Fsp3) is 0.467. The Labute approximate surface area is 124 Å². The van der Waals surface area contributed by atoms with Crippen molar-refractivity contribution in [3.05, 3.63) is 24.3 Å². The van der Waals surface area contributed by atoms with Crippen molar-refractivity contribution in [1.29, 1.82) is 0 Å². The number of carbonyl (C=O) groups is 2. The molecule has 2 N–H and O–H groups in total. The van der Waals surface area contributed by atoms with Gasteiger partial charge >= 0.3 is 5.97 Å². The molecule has 0 saturated heterocycles. The van der Waals surface area contributed by atoms with Crippen LogP contribution in [0.5, 0.6) is 0 Å². The highest BCUT2D eigenvalue weighted by Crippen LogP contribution is 2.30. The summed E-state index contributed by atoms with van der Waals surface area (Å²) in [4.78, 5) is 23.7. The van der Waals surface area contributed by atoms with E-state index in [9.17, 15) is 9.59 Å². The number of carbonyl (C=O) groups excluding carboxylic acids is 1. The SMILES string of the molecule is CCC[C@@H](C)C(=O)Nc1ccccc1S[C@H](C)C(=O)O. The quantitative estimate of drug-likeness (QED) is 0.754. The summed E-state index contributed by atoms with van der Waals surface area (Å²) in [5, 5.41) is 11.3. The first-order valence-corrected chi connectivity index (χ1v) is 7.63. The molecule has 1 rings (SSSR count). The largest absolute Gasteiger partial charge is 0.480 e. The molecule has 1 aromatic carbocycles. The average Bonchev–Trinajstić information content (AvgIpc) is 2.40. The zero-order valence-electron chi connectivity index (χ0n) is 12.1. The molecule has 0 aliphatic rings. The van der Waals surface area contributed by atoms with Gasteiger partial charge in [0.25, 0.3) is 0 Å². The summed E-state index contributed by atoms with van der Waals surface area (Å²) in [6.07, 6.45) is 1.80. The predicted octanol–water partition coefficient (Wildman–Crippen LogP) is 3.63. The van der Waals surface area contributed by atoms with Crippen molar-refractivity contribution in [2.24, 2.45) is 5.92 Å². The fourth-order valence-corrected chi connectivity index (χ4v) is 2.62. The van der Waals surface area contributed by atoms with Crippen LogP contribution in [0.25, 0.3) is 0 Å². The van der Waals surface area contributed by atoms with Gasteiger partial charge in [-0.3, -0.25) is 9.59 Å². The molecule has 0 aliphatic heterocycles. The zero-order valence-corrected chi connectivity index (χ0v) is 12.9. The van der Waals surface area contributed by atoms with E-state index in [1.54, 1.807) is 13.0 Å². The lowest BCUT2D eigenvalue weighted by atomic mass is 10.1. The highest BCUT2D eigenvalue weighted by atomic mass is 32.2. The minimum Gasteiger partial charge on any atom is -0.480 e. The Morgan fingerprint density at radius 2 is 1.95 bits per heavy atom. The van der Waals surface area contributed by atoms with E-state index in [0.29, 0.717) is 5.69 Å². The van der Waals surface area contributed by atoms with E-state index in [4.69, 9.17) is 5.11 Å². The molecule has 5 heteroatoms. The van der Waals surface area contributed by atoms with Gasteiger partial charge < -0.3 is 10.4 Å². The van der Waals surface area contributed by atoms with Crippen LogP contribution in [0.1, 0.15) is 33.6 Å². The molecule has 1 aromatic rings. The highest BCUT2D eigenvalue weighted by molar-refractivity contribution is 8.00. The molecule has 0 saturated carbocycles. The van der Waals surface area contributed by atoms with Crippen molar-refractivity contribution < 1.29 is 14.7 Å². The molecule has 2 atom stereocenters. The number of thioether (sulfide) groups is 1. The lowest BCUT2D eigenvalue weighted by Crippen LogP contribution is -2.21. The van der Waals surface area contributed by atoms with E-state index in [-0.39, 0.29) is 11.8 Å². The van der Waals surface area contributed by atoms with Crippen LogP contribution in [0.2, 0.25) is 0 Å². The van der Waals surface area contributed by atoms with Gasteiger partial charge in [0, 0.05) is 10.8 Å². The average molecular weight is 295 g/mol. The van der Waals surface area contributed by atoms with Gasteiger partial charge in [-0.05, 0) is 25.5 Å². The van der Waals surface area contributed by atoms with Crippen molar-refractivity contribution in [1.82, 2.24) is 0 Å². The summed E-state index contributed by atoms with van der Waals surface area (Å²) in [5.74, 6) is -0.937. The Bertz CT molecular complexity index is 476. The van der Waals surface area contributed by atoms with Gasteiger partial charge in [-0.25, -0.2) is 0 Å². The van der Waals surface area contributed by atoms with E-state index < -0.39 is 11.2 Å². The van der Waals surface area contributed by atoms with Gasteiger partial charge in [-0.2, -0.15) is 0 Å². The Hall–Kier alpha value is -1.49. The maximum atomic E-state index is 12.0. The number of rotatable bonds is 7. The Balaban J connectivity index is 2.80. The number of anilines is 1. The first-order valence-electron chi connectivity index (χ1n) is 6.75. The molecule has 110 valence electrons. The second-order valence-electron chi connectivity index (χ2n) is 4.77. The molecule has 0 bridgehead atoms. The molecule has 0 heterocycles. The van der Waals surface area contributed by atoms with Crippen molar-refractivity contribution >= 4 is 29.3 Å². The van der Waals surface area contributed by atoms with Crippen molar-refractivity contribution in [3.8, 4) is 0 Å². The first kappa shape index (κ1) is 16.6. The topological polar surface area (TPSA) is 66.4 Å². The molecule has 4 nitrogen and oxygen atoms in total. The van der Waals surface area contributed by atoms with Crippen LogP contribution in [-0.2, 0) is 9.59 Å². The van der Waals surface area contributed by atoms with Gasteiger partial charge in [0.15, 0.2) is 0 Å². The summed E-state index contributed by atoms with van der Waals surface area (Å²) < 4.78 is 0. The van der Waals surface area contributed by atoms with Gasteiger partial charge in [0.2, 0.25) is 5.91 Å². The lowest BCUT2D eigenvalue weighted by molar-refractivity contribution is -0.136. The maximum absolute atomic E-state index is 12.0. The summed E-state index contributed by atoms with van der Waals surface area (Å²) in [7, 11) is 0. The molecule has 0 radical (unpaired) electrons. The predicted molar refractivity (Wildman–Crippen MR) is 82.1 cm³/mol. The molecule has 0 aliphatic carbocycles. The molecule has 1 amide bonds. The van der Waals surface area contributed by atoms with E-state index in [0.717, 1.165) is 17.7 Å². The van der Waals surface area contributed by atoms with Crippen LogP contribution < -0.4 is 5.32 Å². The number of aliphatic carboxylic acids is 1. The number of amides is 1. The first-order chi connectivity index (χ1) is 9.45. The second kappa shape index (κ2) is 7.94. The van der Waals surface area contributed by atoms with Crippen LogP contribution in [0.3, 0.4) is 0 Å². The van der Waals surface area contributed by atoms with Gasteiger partial charge in [-0.15, -0.1) is 11.8 Å². The standard InChI is InChI=1S/C15H21NO3S/c1-4-7-10(2)14(17)16-12-8-5-6-9-13(12)20-11(3)15(18)19/h5-6,8-11H,4,7H2,1-3H3,(H,16,17)(H,18,19)/t10-,11-/m1/s1. The number of hydrogen-bond donors (Lipinski definition) is 2. The smallest absolute Gasteiger partial charge is 0.316 e. The lowest BCUT2D eigenvalue weighted by Gasteiger charge is -2.15. The van der Waals surface area contributed by atoms with Gasteiger partial charge in [0.05, 0.1) is 5.69 Å². The normalized spacial score (nSPS) is 13.6. The molecule has 20 heavy (non-hydrogen) atoms. The number of hydrogen-bond acceptors (Lipinski definition) is 3. The van der Waals surface area contributed by atoms with Gasteiger partial charge in [0.1, 0.15) is 5.25 Å². The number of carboxylic acid groups (broad SMARTS) is 1. The fourth-order valence-electron chi connectivity index (χ4n) is 1.73. The number of para-hydroxylation sites is 1. The van der Waals surface area contributed by atoms with Crippen molar-refractivity contribution in [2.75, 3.05) is 5.32 Å². The van der Waals surface area contributed by atoms with E-state index in [1.807, 2.05) is 32.0 Å². The van der Waals surface area contributed by atoms with E-state index in [1.165, 1.54) is 11.8 Å². The highest BCUT2D eigenvalue weighted by Gasteiger charge is 2.17. The number of benzene rings is 1. The Kier molecular flexibility index (Phi) is 6.58. The summed E-state index contributed by atoms with van der Waals surface area (Å²) in [5.41, 5.74) is 0.679. The van der Waals surface area contributed by atoms with E-state index >= 15 is 0 Å². The zero-order chi connectivity index (χ0) is 15.1. The maximum Gasteiger partial charge on any atom is 0.316 e. The molecule has 0 spiro atoms. The van der Waals surface area contributed by atoms with Crippen LogP contribution >= 0.6 is 11.8 Å². The number of carboxylic acids is 1. The third-order valence-corrected chi connectivity index (χ3v) is 4.13. The van der Waals surface area contributed by atoms with Crippen LogP contribution in [0.15, 0.2) is 29.2 Å². The van der Waals surface area contributed by atoms with E-state index in [2.05, 4.69) is 5.32 Å². The van der Waals surface area contributed by atoms with Crippen molar-refractivity contribution in [2.45, 2.75) is 43.8 Å². The molecule has 0 unspecified atom stereocenters. The minimum atomic E-state index is -0.865. The van der Waals surface area contributed by atoms with Gasteiger partial charge in [-0.1, -0.05) is 32.4 Å². The number of nitrogens with one attached hydrogen (secondary N) is 1. The Morgan fingerprint density at radius 3 is 2.55 bits per heavy atom. The van der Waals surface area contributed by atoms with Crippen LogP contribution in [-0.4, -0.2) is 22.2 Å². The molecule has 0 fully saturated rings. The third-order valence-electron chi connectivity index (χ3n) is 2.97. The van der Waals surface area contributed by atoms with Crippen LogP contribution in [0.4, 0.5) is 5.69 Å². The van der Waals surface area contributed by atoms with Crippen LogP contribution in [0, 0.1) is 5.92 Å². The molecule has 0 aromatic heterocycles. The minimum absolute atomic E-state index is 0.0251. The molecular formula is C15H21NO3S. The Morgan fingerprint density at radius 1 is 1.30 bits per heavy atom. The second-order valence-corrected chi connectivity index (χ2v) is 6.16. The summed E-state index contributed by atoms with van der Waals surface area (Å²) in [6.45, 7) is 5.57. The third kappa shape index (κ3) is 4.89.